The summed E-state index contributed by atoms with van der Waals surface area (Å²) in [5, 5.41) is 14.9. The standard InChI is InChI=1S/C11H8FN3/c12-11-2-1-8(3-4-13)5-10(11)9-6-14-15-7-9/h1-2,5-7H,3H2,(H,14,15). The van der Waals surface area contributed by atoms with E-state index in [4.69, 9.17) is 5.26 Å². The highest BCUT2D eigenvalue weighted by Gasteiger charge is 2.06. The summed E-state index contributed by atoms with van der Waals surface area (Å²) in [5.74, 6) is -0.307. The van der Waals surface area contributed by atoms with Crippen molar-refractivity contribution in [3.05, 3.63) is 42.0 Å². The Balaban J connectivity index is 2.47. The summed E-state index contributed by atoms with van der Waals surface area (Å²) in [6.07, 6.45) is 3.45. The van der Waals surface area contributed by atoms with Crippen LogP contribution in [0.3, 0.4) is 0 Å². The van der Waals surface area contributed by atoms with Crippen LogP contribution in [-0.4, -0.2) is 10.2 Å². The fourth-order valence-electron chi connectivity index (χ4n) is 1.39. The highest BCUT2D eigenvalue weighted by atomic mass is 19.1. The van der Waals surface area contributed by atoms with Crippen molar-refractivity contribution < 1.29 is 4.39 Å². The van der Waals surface area contributed by atoms with Gasteiger partial charge in [-0.1, -0.05) is 6.07 Å². The highest BCUT2D eigenvalue weighted by molar-refractivity contribution is 5.63. The number of hydrogen-bond acceptors (Lipinski definition) is 2. The SMILES string of the molecule is N#CCc1ccc(F)c(-c2cn[nH]c2)c1. The lowest BCUT2D eigenvalue weighted by Gasteiger charge is -2.01. The lowest BCUT2D eigenvalue weighted by molar-refractivity contribution is 0.631. The van der Waals surface area contributed by atoms with E-state index in [1.54, 1.807) is 24.5 Å². The maximum absolute atomic E-state index is 13.4. The van der Waals surface area contributed by atoms with Gasteiger partial charge < -0.3 is 0 Å². The number of rotatable bonds is 2. The minimum atomic E-state index is -0.307. The average molecular weight is 201 g/mol. The maximum atomic E-state index is 13.4. The Kier molecular flexibility index (Phi) is 2.46. The van der Waals surface area contributed by atoms with E-state index in [0.29, 0.717) is 11.1 Å². The molecule has 0 fully saturated rings. The predicted molar refractivity (Wildman–Crippen MR) is 53.3 cm³/mol. The van der Waals surface area contributed by atoms with Gasteiger partial charge in [0.1, 0.15) is 5.82 Å². The van der Waals surface area contributed by atoms with Crippen molar-refractivity contribution in [2.45, 2.75) is 6.42 Å². The van der Waals surface area contributed by atoms with Gasteiger partial charge in [-0.3, -0.25) is 5.10 Å². The smallest absolute Gasteiger partial charge is 0.131 e. The second-order valence-electron chi connectivity index (χ2n) is 3.14. The third-order valence-electron chi connectivity index (χ3n) is 2.12. The van der Waals surface area contributed by atoms with E-state index in [2.05, 4.69) is 10.2 Å². The zero-order chi connectivity index (χ0) is 10.7. The van der Waals surface area contributed by atoms with Crippen LogP contribution >= 0.6 is 0 Å². The number of nitrogens with zero attached hydrogens (tertiary/aromatic N) is 2. The monoisotopic (exact) mass is 201 g/mol. The number of nitrogens with one attached hydrogen (secondary N) is 1. The third kappa shape index (κ3) is 1.86. The van der Waals surface area contributed by atoms with Crippen LogP contribution in [0.2, 0.25) is 0 Å². The Labute approximate surface area is 86.2 Å². The van der Waals surface area contributed by atoms with Crippen molar-refractivity contribution in [1.29, 1.82) is 5.26 Å². The average Bonchev–Trinajstić information content (AvgIpc) is 2.74. The fraction of sp³-hybridized carbons (Fsp3) is 0.0909. The lowest BCUT2D eigenvalue weighted by Crippen LogP contribution is -1.87. The van der Waals surface area contributed by atoms with E-state index in [1.165, 1.54) is 6.07 Å². The summed E-state index contributed by atoms with van der Waals surface area (Å²) in [5.41, 5.74) is 1.96. The fourth-order valence-corrected chi connectivity index (χ4v) is 1.39. The normalized spacial score (nSPS) is 9.87. The molecule has 0 atom stereocenters. The third-order valence-corrected chi connectivity index (χ3v) is 2.12. The van der Waals surface area contributed by atoms with Crippen LogP contribution < -0.4 is 0 Å². The molecule has 2 aromatic rings. The molecule has 1 aromatic carbocycles. The van der Waals surface area contributed by atoms with Gasteiger partial charge in [0.25, 0.3) is 0 Å². The first-order valence-electron chi connectivity index (χ1n) is 4.46. The van der Waals surface area contributed by atoms with Crippen molar-refractivity contribution in [2.75, 3.05) is 0 Å². The number of aromatic amines is 1. The van der Waals surface area contributed by atoms with Crippen LogP contribution in [0.4, 0.5) is 4.39 Å². The number of hydrogen-bond donors (Lipinski definition) is 1. The van der Waals surface area contributed by atoms with Gasteiger partial charge in [-0.05, 0) is 17.7 Å². The Morgan fingerprint density at radius 1 is 1.47 bits per heavy atom. The number of halogens is 1. The first kappa shape index (κ1) is 9.41. The minimum Gasteiger partial charge on any atom is -0.285 e. The molecule has 0 bridgehead atoms. The van der Waals surface area contributed by atoms with Gasteiger partial charge in [-0.25, -0.2) is 4.39 Å². The number of H-pyrrole nitrogens is 1. The Morgan fingerprint density at radius 2 is 2.33 bits per heavy atom. The summed E-state index contributed by atoms with van der Waals surface area (Å²) < 4.78 is 13.4. The lowest BCUT2D eigenvalue weighted by atomic mass is 10.0. The molecule has 4 heteroatoms. The molecule has 2 rings (SSSR count). The van der Waals surface area contributed by atoms with Crippen LogP contribution in [0, 0.1) is 17.1 Å². The first-order chi connectivity index (χ1) is 7.31. The van der Waals surface area contributed by atoms with E-state index >= 15 is 0 Å². The van der Waals surface area contributed by atoms with Crippen LogP contribution in [0.1, 0.15) is 5.56 Å². The van der Waals surface area contributed by atoms with Gasteiger partial charge in [0, 0.05) is 17.3 Å². The molecule has 15 heavy (non-hydrogen) atoms. The van der Waals surface area contributed by atoms with E-state index in [-0.39, 0.29) is 12.2 Å². The molecule has 0 aliphatic heterocycles. The van der Waals surface area contributed by atoms with Gasteiger partial charge in [-0.2, -0.15) is 10.4 Å². The molecule has 0 saturated heterocycles. The number of benzene rings is 1. The first-order valence-corrected chi connectivity index (χ1v) is 4.46. The molecular formula is C11H8FN3. The van der Waals surface area contributed by atoms with Gasteiger partial charge in [-0.15, -0.1) is 0 Å². The van der Waals surface area contributed by atoms with E-state index < -0.39 is 0 Å². The summed E-state index contributed by atoms with van der Waals surface area (Å²) in [6, 6.07) is 6.68. The summed E-state index contributed by atoms with van der Waals surface area (Å²) in [4.78, 5) is 0. The van der Waals surface area contributed by atoms with Gasteiger partial charge in [0.2, 0.25) is 0 Å². The minimum absolute atomic E-state index is 0.283. The van der Waals surface area contributed by atoms with Gasteiger partial charge >= 0.3 is 0 Å². The summed E-state index contributed by atoms with van der Waals surface area (Å²) in [7, 11) is 0. The quantitative estimate of drug-likeness (QED) is 0.810. The number of aromatic nitrogens is 2. The van der Waals surface area contributed by atoms with Crippen LogP contribution in [-0.2, 0) is 6.42 Å². The highest BCUT2D eigenvalue weighted by Crippen LogP contribution is 2.22. The predicted octanol–water partition coefficient (Wildman–Crippen LogP) is 2.28. The molecule has 1 heterocycles. The second kappa shape index (κ2) is 3.93. The zero-order valence-electron chi connectivity index (χ0n) is 7.87. The Morgan fingerprint density at radius 3 is 3.00 bits per heavy atom. The zero-order valence-corrected chi connectivity index (χ0v) is 7.87. The molecule has 1 N–H and O–H groups in total. The topological polar surface area (TPSA) is 52.5 Å². The van der Waals surface area contributed by atoms with E-state index in [9.17, 15) is 4.39 Å². The maximum Gasteiger partial charge on any atom is 0.131 e. The summed E-state index contributed by atoms with van der Waals surface area (Å²) in [6.45, 7) is 0. The van der Waals surface area contributed by atoms with Crippen molar-refractivity contribution >= 4 is 0 Å². The van der Waals surface area contributed by atoms with Crippen molar-refractivity contribution in [2.24, 2.45) is 0 Å². The Hall–Kier alpha value is -2.15. The van der Waals surface area contributed by atoms with Crippen LogP contribution in [0.5, 0.6) is 0 Å². The van der Waals surface area contributed by atoms with Crippen LogP contribution in [0.15, 0.2) is 30.6 Å². The molecule has 0 spiro atoms. The van der Waals surface area contributed by atoms with Crippen molar-refractivity contribution in [3.8, 4) is 17.2 Å². The van der Waals surface area contributed by atoms with Crippen molar-refractivity contribution in [1.82, 2.24) is 10.2 Å². The molecule has 0 radical (unpaired) electrons. The molecule has 0 amide bonds. The molecule has 0 saturated carbocycles. The number of nitriles is 1. The van der Waals surface area contributed by atoms with E-state index in [0.717, 1.165) is 5.56 Å². The molecule has 0 aliphatic carbocycles. The van der Waals surface area contributed by atoms with E-state index in [1.807, 2.05) is 6.07 Å². The molecule has 0 unspecified atom stereocenters. The van der Waals surface area contributed by atoms with Gasteiger partial charge in [0.05, 0.1) is 18.7 Å². The summed E-state index contributed by atoms with van der Waals surface area (Å²) >= 11 is 0. The molecule has 0 aliphatic rings. The van der Waals surface area contributed by atoms with Crippen molar-refractivity contribution in [3.63, 3.8) is 0 Å². The second-order valence-corrected chi connectivity index (χ2v) is 3.14. The molecule has 1 aromatic heterocycles. The largest absolute Gasteiger partial charge is 0.285 e. The Bertz CT molecular complexity index is 497. The molecular weight excluding hydrogens is 193 g/mol. The van der Waals surface area contributed by atoms with Crippen LogP contribution in [0.25, 0.3) is 11.1 Å². The molecule has 74 valence electrons. The van der Waals surface area contributed by atoms with Gasteiger partial charge in [0.15, 0.2) is 0 Å². The molecule has 3 nitrogen and oxygen atoms in total.